The van der Waals surface area contributed by atoms with Crippen LogP contribution in [0.2, 0.25) is 5.02 Å². The van der Waals surface area contributed by atoms with E-state index in [0.29, 0.717) is 5.02 Å². The number of carbonyl (C=O) groups excluding carboxylic acids is 1. The summed E-state index contributed by atoms with van der Waals surface area (Å²) in [7, 11) is 0. The molecular weight excluding hydrogens is 226 g/mol. The smallest absolute Gasteiger partial charge is 0.434 e. The molecule has 1 amide bonds. The molecule has 0 unspecified atom stereocenters. The van der Waals surface area contributed by atoms with Crippen LogP contribution in [0, 0.1) is 0 Å². The molecule has 0 spiro atoms. The second kappa shape index (κ2) is 5.12. The summed E-state index contributed by atoms with van der Waals surface area (Å²) in [6.07, 6.45) is 0.826. The topological polar surface area (TPSA) is 38.7 Å². The van der Waals surface area contributed by atoms with Crippen LogP contribution < -0.4 is 0 Å². The van der Waals surface area contributed by atoms with Crippen LogP contribution in [-0.4, -0.2) is 17.9 Å². The summed E-state index contributed by atoms with van der Waals surface area (Å²) < 4.78 is 5.02. The Balaban J connectivity index is 2.64. The van der Waals surface area contributed by atoms with Crippen LogP contribution in [0.5, 0.6) is 0 Å². The van der Waals surface area contributed by atoms with Crippen molar-refractivity contribution in [3.05, 3.63) is 34.9 Å². The number of amides is 1. The highest BCUT2D eigenvalue weighted by Gasteiger charge is 2.14. The lowest BCUT2D eigenvalue weighted by atomic mass is 10.2. The first-order valence-electron chi connectivity index (χ1n) is 4.89. The number of hydrogen-bond donors (Lipinski definition) is 0. The molecule has 0 aliphatic carbocycles. The van der Waals surface area contributed by atoms with E-state index < -0.39 is 11.7 Å². The average molecular weight is 240 g/mol. The normalized spacial score (nSPS) is 11.8. The van der Waals surface area contributed by atoms with Gasteiger partial charge >= 0.3 is 6.09 Å². The summed E-state index contributed by atoms with van der Waals surface area (Å²) in [6, 6.07) is 7.07. The van der Waals surface area contributed by atoms with Crippen molar-refractivity contribution in [2.75, 3.05) is 0 Å². The highest BCUT2D eigenvalue weighted by atomic mass is 35.5. The van der Waals surface area contributed by atoms with Crippen LogP contribution in [0.3, 0.4) is 0 Å². The first kappa shape index (κ1) is 12.7. The van der Waals surface area contributed by atoms with Gasteiger partial charge in [0.1, 0.15) is 5.60 Å². The number of aliphatic imine (C=N–C) groups is 1. The van der Waals surface area contributed by atoms with Crippen LogP contribution in [-0.2, 0) is 4.74 Å². The molecule has 4 heteroatoms. The number of halogens is 1. The lowest BCUT2D eigenvalue weighted by Gasteiger charge is -2.17. The molecule has 16 heavy (non-hydrogen) atoms. The average Bonchev–Trinajstić information content (AvgIpc) is 2.12. The molecule has 3 nitrogen and oxygen atoms in total. The van der Waals surface area contributed by atoms with E-state index in [4.69, 9.17) is 16.3 Å². The highest BCUT2D eigenvalue weighted by molar-refractivity contribution is 6.30. The second-order valence-corrected chi connectivity index (χ2v) is 4.73. The van der Waals surface area contributed by atoms with E-state index >= 15 is 0 Å². The molecule has 1 aromatic carbocycles. The van der Waals surface area contributed by atoms with Crippen LogP contribution in [0.25, 0.3) is 0 Å². The Morgan fingerprint density at radius 1 is 1.44 bits per heavy atom. The van der Waals surface area contributed by atoms with Crippen molar-refractivity contribution >= 4 is 23.9 Å². The minimum atomic E-state index is -0.604. The van der Waals surface area contributed by atoms with E-state index in [-0.39, 0.29) is 0 Å². The van der Waals surface area contributed by atoms with Crippen molar-refractivity contribution in [2.45, 2.75) is 26.4 Å². The Labute approximate surface area is 100 Å². The van der Waals surface area contributed by atoms with Crippen LogP contribution in [0.1, 0.15) is 26.3 Å². The van der Waals surface area contributed by atoms with Crippen LogP contribution in [0.15, 0.2) is 29.3 Å². The molecule has 1 aromatic rings. The van der Waals surface area contributed by atoms with Gasteiger partial charge in [0.25, 0.3) is 0 Å². The Morgan fingerprint density at radius 3 is 2.69 bits per heavy atom. The lowest BCUT2D eigenvalue weighted by Crippen LogP contribution is -2.21. The maximum absolute atomic E-state index is 11.3. The number of carbonyl (C=O) groups is 1. The maximum Gasteiger partial charge on any atom is 0.434 e. The number of rotatable bonds is 1. The highest BCUT2D eigenvalue weighted by Crippen LogP contribution is 2.10. The summed E-state index contributed by atoms with van der Waals surface area (Å²) in [5.74, 6) is 0. The molecule has 0 aliphatic heterocycles. The van der Waals surface area contributed by atoms with Gasteiger partial charge in [0, 0.05) is 11.2 Å². The van der Waals surface area contributed by atoms with Crippen molar-refractivity contribution in [2.24, 2.45) is 4.99 Å². The third-order valence-corrected chi connectivity index (χ3v) is 1.80. The third-order valence-electron chi connectivity index (χ3n) is 1.56. The predicted molar refractivity (Wildman–Crippen MR) is 65.3 cm³/mol. The van der Waals surface area contributed by atoms with Gasteiger partial charge in [0.05, 0.1) is 0 Å². The van der Waals surface area contributed by atoms with E-state index in [1.54, 1.807) is 45.0 Å². The van der Waals surface area contributed by atoms with Crippen LogP contribution >= 0.6 is 11.6 Å². The minimum absolute atomic E-state index is 0.525. The number of benzene rings is 1. The van der Waals surface area contributed by atoms with E-state index in [0.717, 1.165) is 5.56 Å². The molecule has 0 saturated carbocycles. The fourth-order valence-electron chi connectivity index (χ4n) is 1.00. The molecule has 0 aromatic heterocycles. The van der Waals surface area contributed by atoms with Gasteiger partial charge in [0.2, 0.25) is 0 Å². The summed E-state index contributed by atoms with van der Waals surface area (Å²) >= 11 is 5.79. The van der Waals surface area contributed by atoms with Gasteiger partial charge in [-0.15, -0.1) is 0 Å². The van der Waals surface area contributed by atoms with Crippen molar-refractivity contribution in [3.8, 4) is 0 Å². The second-order valence-electron chi connectivity index (χ2n) is 4.29. The summed E-state index contributed by atoms with van der Waals surface area (Å²) in [6.45, 7) is 5.37. The molecule has 0 saturated heterocycles. The molecule has 0 heterocycles. The predicted octanol–water partition coefficient (Wildman–Crippen LogP) is 3.69. The molecular formula is C12H14ClNO2. The Kier molecular flexibility index (Phi) is 4.07. The van der Waals surface area contributed by atoms with Gasteiger partial charge in [-0.3, -0.25) is 0 Å². The fourth-order valence-corrected chi connectivity index (χ4v) is 1.20. The molecule has 0 bridgehead atoms. The number of hydrogen-bond acceptors (Lipinski definition) is 2. The van der Waals surface area contributed by atoms with Gasteiger partial charge in [-0.1, -0.05) is 23.7 Å². The Hall–Kier alpha value is -1.35. The zero-order valence-corrected chi connectivity index (χ0v) is 10.3. The number of ether oxygens (including phenoxy) is 1. The van der Waals surface area contributed by atoms with Gasteiger partial charge < -0.3 is 4.74 Å². The Morgan fingerprint density at radius 2 is 2.12 bits per heavy atom. The molecule has 0 fully saturated rings. The molecule has 0 radical (unpaired) electrons. The fraction of sp³-hybridized carbons (Fsp3) is 0.333. The van der Waals surface area contributed by atoms with Crippen molar-refractivity contribution in [3.63, 3.8) is 0 Å². The van der Waals surface area contributed by atoms with E-state index in [9.17, 15) is 4.79 Å². The summed E-state index contributed by atoms with van der Waals surface area (Å²) in [4.78, 5) is 14.9. The van der Waals surface area contributed by atoms with E-state index in [1.165, 1.54) is 6.21 Å². The SMILES string of the molecule is CC(C)(C)OC(=O)/N=C/c1cccc(Cl)c1. The minimum Gasteiger partial charge on any atom is -0.442 e. The molecule has 0 aliphatic rings. The van der Waals surface area contributed by atoms with Crippen molar-refractivity contribution in [1.29, 1.82) is 0 Å². The zero-order valence-electron chi connectivity index (χ0n) is 9.53. The van der Waals surface area contributed by atoms with Crippen molar-refractivity contribution in [1.82, 2.24) is 0 Å². The quantitative estimate of drug-likeness (QED) is 0.701. The molecule has 0 atom stereocenters. The van der Waals surface area contributed by atoms with Crippen LogP contribution in [0.4, 0.5) is 4.79 Å². The van der Waals surface area contributed by atoms with E-state index in [2.05, 4.69) is 4.99 Å². The maximum atomic E-state index is 11.3. The van der Waals surface area contributed by atoms with Gasteiger partial charge in [-0.2, -0.15) is 4.99 Å². The summed E-state index contributed by atoms with van der Waals surface area (Å²) in [5, 5.41) is 0.605. The zero-order chi connectivity index (χ0) is 12.2. The first-order valence-corrected chi connectivity index (χ1v) is 5.27. The molecule has 86 valence electrons. The van der Waals surface area contributed by atoms with E-state index in [1.807, 2.05) is 0 Å². The lowest BCUT2D eigenvalue weighted by molar-refractivity contribution is 0.0605. The monoisotopic (exact) mass is 239 g/mol. The van der Waals surface area contributed by atoms with Crippen molar-refractivity contribution < 1.29 is 9.53 Å². The third kappa shape index (κ3) is 4.94. The standard InChI is InChI=1S/C12H14ClNO2/c1-12(2,3)16-11(15)14-8-9-5-4-6-10(13)7-9/h4-8H,1-3H3/b14-8+. The Bertz CT molecular complexity index is 408. The van der Waals surface area contributed by atoms with Gasteiger partial charge in [0.15, 0.2) is 0 Å². The van der Waals surface area contributed by atoms with Gasteiger partial charge in [-0.25, -0.2) is 4.79 Å². The molecule has 1 rings (SSSR count). The number of nitrogens with zero attached hydrogens (tertiary/aromatic N) is 1. The first-order chi connectivity index (χ1) is 7.37. The summed E-state index contributed by atoms with van der Waals surface area (Å²) in [5.41, 5.74) is 0.237. The van der Waals surface area contributed by atoms with Gasteiger partial charge in [-0.05, 0) is 38.5 Å². The molecule has 0 N–H and O–H groups in total. The largest absolute Gasteiger partial charge is 0.442 e.